The Morgan fingerprint density at radius 2 is 1.62 bits per heavy atom. The summed E-state index contributed by atoms with van der Waals surface area (Å²) in [6.45, 7) is 3.18. The van der Waals surface area contributed by atoms with Gasteiger partial charge in [0.15, 0.2) is 5.65 Å². The molecule has 0 unspecified atom stereocenters. The summed E-state index contributed by atoms with van der Waals surface area (Å²) in [5.41, 5.74) is 12.4. The number of pyridine rings is 1. The Bertz CT molecular complexity index is 1180. The second-order valence-electron chi connectivity index (χ2n) is 8.16. The maximum absolute atomic E-state index is 12.6. The molecule has 0 bridgehead atoms. The average molecular weight is 466 g/mol. The van der Waals surface area contributed by atoms with Gasteiger partial charge in [-0.15, -0.1) is 0 Å². The summed E-state index contributed by atoms with van der Waals surface area (Å²) in [5, 5.41) is 0. The first kappa shape index (κ1) is 23.1. The molecule has 3 amide bonds. The predicted octanol–water partition coefficient (Wildman–Crippen LogP) is 0.328. The van der Waals surface area contributed by atoms with Crippen LogP contribution in [0.5, 0.6) is 0 Å². The number of imidazole rings is 1. The van der Waals surface area contributed by atoms with Crippen LogP contribution >= 0.6 is 0 Å². The van der Waals surface area contributed by atoms with Crippen molar-refractivity contribution in [1.82, 2.24) is 29.4 Å². The lowest BCUT2D eigenvalue weighted by Crippen LogP contribution is -2.49. The monoisotopic (exact) mass is 465 g/mol. The van der Waals surface area contributed by atoms with Gasteiger partial charge in [-0.05, 0) is 25.0 Å². The van der Waals surface area contributed by atoms with Gasteiger partial charge >= 0.3 is 0 Å². The molecule has 1 aliphatic heterocycles. The molecule has 0 aliphatic carbocycles. The van der Waals surface area contributed by atoms with Crippen molar-refractivity contribution in [1.29, 1.82) is 0 Å². The van der Waals surface area contributed by atoms with Crippen molar-refractivity contribution in [3.05, 3.63) is 42.1 Å². The molecule has 12 nitrogen and oxygen atoms in total. The minimum absolute atomic E-state index is 0.144. The third-order valence-electron chi connectivity index (χ3n) is 5.84. The fourth-order valence-electron chi connectivity index (χ4n) is 3.90. The molecular formula is C22H27N9O3. The van der Waals surface area contributed by atoms with Gasteiger partial charge in [0.05, 0.1) is 11.9 Å². The zero-order valence-electron chi connectivity index (χ0n) is 18.8. The molecule has 0 radical (unpaired) electrons. The van der Waals surface area contributed by atoms with Crippen LogP contribution in [0.1, 0.15) is 46.5 Å². The number of primary amides is 2. The molecule has 4 heterocycles. The molecule has 0 saturated carbocycles. The van der Waals surface area contributed by atoms with Gasteiger partial charge in [-0.2, -0.15) is 0 Å². The van der Waals surface area contributed by atoms with Crippen LogP contribution in [0.4, 0.5) is 5.95 Å². The van der Waals surface area contributed by atoms with E-state index in [0.717, 1.165) is 19.3 Å². The molecule has 1 aliphatic rings. The van der Waals surface area contributed by atoms with Crippen molar-refractivity contribution in [2.24, 2.45) is 11.5 Å². The van der Waals surface area contributed by atoms with Gasteiger partial charge < -0.3 is 25.8 Å². The lowest BCUT2D eigenvalue weighted by molar-refractivity contribution is -0.131. The fraction of sp³-hybridized carbons (Fsp3) is 0.409. The zero-order valence-corrected chi connectivity index (χ0v) is 18.8. The first-order chi connectivity index (χ1) is 16.4. The van der Waals surface area contributed by atoms with Crippen LogP contribution in [0.25, 0.3) is 11.2 Å². The molecule has 0 atom stereocenters. The summed E-state index contributed by atoms with van der Waals surface area (Å²) in [4.78, 5) is 55.9. The normalized spacial score (nSPS) is 13.9. The van der Waals surface area contributed by atoms with Gasteiger partial charge in [0.25, 0.3) is 11.8 Å². The van der Waals surface area contributed by atoms with Crippen LogP contribution < -0.4 is 16.4 Å². The predicted molar refractivity (Wildman–Crippen MR) is 124 cm³/mol. The highest BCUT2D eigenvalue weighted by atomic mass is 16.2. The molecule has 3 aromatic rings. The number of hydrogen-bond acceptors (Lipinski definition) is 8. The van der Waals surface area contributed by atoms with Crippen molar-refractivity contribution in [3.8, 4) is 0 Å². The Kier molecular flexibility index (Phi) is 6.95. The maximum Gasteiger partial charge on any atom is 0.267 e. The molecule has 3 aromatic heterocycles. The number of aromatic nitrogens is 5. The van der Waals surface area contributed by atoms with Crippen molar-refractivity contribution in [2.45, 2.75) is 32.2 Å². The van der Waals surface area contributed by atoms with E-state index in [1.807, 2.05) is 14.4 Å². The van der Waals surface area contributed by atoms with Crippen molar-refractivity contribution < 1.29 is 14.4 Å². The highest BCUT2D eigenvalue weighted by Gasteiger charge is 2.22. The van der Waals surface area contributed by atoms with Crippen LogP contribution in [-0.2, 0) is 11.3 Å². The molecule has 178 valence electrons. The van der Waals surface area contributed by atoms with E-state index >= 15 is 0 Å². The van der Waals surface area contributed by atoms with E-state index in [2.05, 4.69) is 19.9 Å². The summed E-state index contributed by atoms with van der Waals surface area (Å²) >= 11 is 0. The summed E-state index contributed by atoms with van der Waals surface area (Å²) in [7, 11) is 0. The number of amides is 3. The third-order valence-corrected chi connectivity index (χ3v) is 5.84. The number of carbonyl (C=O) groups excluding carboxylic acids is 3. The highest BCUT2D eigenvalue weighted by Crippen LogP contribution is 2.15. The Balaban J connectivity index is 1.18. The van der Waals surface area contributed by atoms with Crippen molar-refractivity contribution >= 4 is 34.8 Å². The Hall–Kier alpha value is -4.09. The average Bonchev–Trinajstić information content (AvgIpc) is 3.26. The van der Waals surface area contributed by atoms with Gasteiger partial charge in [0.2, 0.25) is 11.9 Å². The molecule has 12 heteroatoms. The fourth-order valence-corrected chi connectivity index (χ4v) is 3.90. The first-order valence-electron chi connectivity index (χ1n) is 11.2. The number of aryl methyl sites for hydroxylation is 1. The van der Waals surface area contributed by atoms with Crippen LogP contribution in [-0.4, -0.2) is 73.3 Å². The van der Waals surface area contributed by atoms with E-state index in [0.29, 0.717) is 56.3 Å². The summed E-state index contributed by atoms with van der Waals surface area (Å²) in [6.07, 6.45) is 7.59. The van der Waals surface area contributed by atoms with E-state index in [-0.39, 0.29) is 17.2 Å². The van der Waals surface area contributed by atoms with Crippen LogP contribution in [0.2, 0.25) is 0 Å². The zero-order chi connectivity index (χ0) is 24.1. The number of piperazine rings is 1. The summed E-state index contributed by atoms with van der Waals surface area (Å²) in [5.74, 6) is -0.455. The topological polar surface area (TPSA) is 166 Å². The minimum Gasteiger partial charge on any atom is -0.366 e. The molecule has 34 heavy (non-hydrogen) atoms. The van der Waals surface area contributed by atoms with E-state index in [1.54, 1.807) is 18.5 Å². The molecule has 1 fully saturated rings. The lowest BCUT2D eigenvalue weighted by atomic mass is 10.1. The van der Waals surface area contributed by atoms with E-state index in [1.165, 1.54) is 12.4 Å². The second-order valence-corrected chi connectivity index (χ2v) is 8.16. The number of nitrogens with two attached hydrogens (primary N) is 2. The second kappa shape index (κ2) is 10.2. The van der Waals surface area contributed by atoms with Gasteiger partial charge in [-0.25, -0.2) is 19.9 Å². The smallest absolute Gasteiger partial charge is 0.267 e. The minimum atomic E-state index is -0.567. The Labute approximate surface area is 196 Å². The van der Waals surface area contributed by atoms with E-state index in [9.17, 15) is 14.4 Å². The number of unbranched alkanes of at least 4 members (excludes halogenated alkanes) is 2. The largest absolute Gasteiger partial charge is 0.366 e. The van der Waals surface area contributed by atoms with Crippen molar-refractivity contribution in [2.75, 3.05) is 31.1 Å². The van der Waals surface area contributed by atoms with Gasteiger partial charge in [-0.1, -0.05) is 6.42 Å². The summed E-state index contributed by atoms with van der Waals surface area (Å²) in [6, 6.07) is 3.31. The number of hydrogen-bond donors (Lipinski definition) is 2. The number of rotatable bonds is 9. The molecule has 4 rings (SSSR count). The standard InChI is InChI=1S/C22H27N9O3/c23-19(33)15-12-25-22(26-13-15)30-10-8-29(9-11-30)18(32)4-2-1-3-7-31-14-27-17-6-5-16(20(24)34)28-21(17)31/h5-6,12-14H,1-4,7-11H2,(H2,23,33)(H2,24,34). The third kappa shape index (κ3) is 5.27. The van der Waals surface area contributed by atoms with Crippen molar-refractivity contribution in [3.63, 3.8) is 0 Å². The number of carbonyl (C=O) groups is 3. The number of anilines is 1. The van der Waals surface area contributed by atoms with Crippen LogP contribution in [0.15, 0.2) is 30.9 Å². The number of fused-ring (bicyclic) bond motifs is 1. The molecule has 4 N–H and O–H groups in total. The van der Waals surface area contributed by atoms with Crippen LogP contribution in [0, 0.1) is 0 Å². The molecule has 0 aromatic carbocycles. The highest BCUT2D eigenvalue weighted by molar-refractivity contribution is 5.93. The van der Waals surface area contributed by atoms with Gasteiger partial charge in [-0.3, -0.25) is 14.4 Å². The SMILES string of the molecule is NC(=O)c1cnc(N2CCN(C(=O)CCCCCn3cnc4ccc(C(N)=O)nc43)CC2)nc1. The number of nitrogens with zero attached hydrogens (tertiary/aromatic N) is 7. The Morgan fingerprint density at radius 1 is 0.882 bits per heavy atom. The van der Waals surface area contributed by atoms with E-state index in [4.69, 9.17) is 11.5 Å². The Morgan fingerprint density at radius 3 is 2.29 bits per heavy atom. The van der Waals surface area contributed by atoms with Gasteiger partial charge in [0.1, 0.15) is 11.2 Å². The molecule has 0 spiro atoms. The first-order valence-corrected chi connectivity index (χ1v) is 11.2. The van der Waals surface area contributed by atoms with Gasteiger partial charge in [0, 0.05) is 51.5 Å². The quantitative estimate of drug-likeness (QED) is 0.426. The van der Waals surface area contributed by atoms with Crippen LogP contribution in [0.3, 0.4) is 0 Å². The van der Waals surface area contributed by atoms with E-state index < -0.39 is 11.8 Å². The lowest BCUT2D eigenvalue weighted by Gasteiger charge is -2.34. The maximum atomic E-state index is 12.6. The molecular weight excluding hydrogens is 438 g/mol. The molecule has 1 saturated heterocycles. The summed E-state index contributed by atoms with van der Waals surface area (Å²) < 4.78 is 1.90.